The minimum absolute atomic E-state index is 0.321. The molecule has 0 aliphatic rings. The molecule has 222 valence electrons. The predicted molar refractivity (Wildman–Crippen MR) is 173 cm³/mol. The van der Waals surface area contributed by atoms with E-state index in [-0.39, 0.29) is 0 Å². The van der Waals surface area contributed by atoms with Crippen molar-refractivity contribution in [2.45, 2.75) is 117 Å². The lowest BCUT2D eigenvalue weighted by Gasteiger charge is -2.29. The van der Waals surface area contributed by atoms with Gasteiger partial charge in [0.1, 0.15) is 16.9 Å². The standard InChI is InChI=1S/C31H46O4.C4H6S/c1-6-10-14-22-18-26(19-23(28(22)32)15-11-7-2)31(5,30(34)35)27-20-24(16-12-8-3)29(33)25(21-27)17-13-9-4;1-3-5-4-2/h18-21,32-33H,6-17H2,1-5H3,(H,34,35);3-4H,1-2H2. The molecule has 0 amide bonds. The number of unbranched alkanes of at least 4 members (excludes halogenated alkanes) is 4. The van der Waals surface area contributed by atoms with Crippen molar-refractivity contribution in [3.8, 4) is 11.5 Å². The number of phenols is 2. The second-order valence-electron chi connectivity index (χ2n) is 10.6. The van der Waals surface area contributed by atoms with Gasteiger partial charge in [-0.05, 0) is 102 Å². The van der Waals surface area contributed by atoms with Crippen molar-refractivity contribution in [3.63, 3.8) is 0 Å². The Bertz CT molecular complexity index is 955. The van der Waals surface area contributed by atoms with E-state index in [0.29, 0.717) is 22.6 Å². The molecule has 2 rings (SSSR count). The van der Waals surface area contributed by atoms with Crippen LogP contribution in [0.15, 0.2) is 48.2 Å². The fourth-order valence-electron chi connectivity index (χ4n) is 4.81. The molecule has 0 saturated carbocycles. The van der Waals surface area contributed by atoms with Crippen molar-refractivity contribution in [1.82, 2.24) is 0 Å². The Morgan fingerprint density at radius 2 is 0.975 bits per heavy atom. The summed E-state index contributed by atoms with van der Waals surface area (Å²) in [7, 11) is 0. The minimum Gasteiger partial charge on any atom is -0.507 e. The highest BCUT2D eigenvalue weighted by atomic mass is 32.2. The molecule has 0 fully saturated rings. The third kappa shape index (κ3) is 9.76. The van der Waals surface area contributed by atoms with Crippen LogP contribution < -0.4 is 0 Å². The quantitative estimate of drug-likeness (QED) is 0.177. The molecule has 0 radical (unpaired) electrons. The van der Waals surface area contributed by atoms with Crippen molar-refractivity contribution >= 4 is 17.7 Å². The van der Waals surface area contributed by atoms with Crippen LogP contribution in [0.25, 0.3) is 0 Å². The molecule has 0 spiro atoms. The number of phenolic OH excluding ortho intramolecular Hbond substituents is 2. The van der Waals surface area contributed by atoms with E-state index in [4.69, 9.17) is 0 Å². The summed E-state index contributed by atoms with van der Waals surface area (Å²) in [6.45, 7) is 17.1. The molecule has 0 unspecified atom stereocenters. The molecule has 2 aromatic rings. The first-order valence-electron chi connectivity index (χ1n) is 15.0. The molecule has 5 heteroatoms. The van der Waals surface area contributed by atoms with Crippen molar-refractivity contribution < 1.29 is 20.1 Å². The number of aryl methyl sites for hydroxylation is 4. The topological polar surface area (TPSA) is 77.8 Å². The van der Waals surface area contributed by atoms with Crippen LogP contribution in [0.5, 0.6) is 11.5 Å². The summed E-state index contributed by atoms with van der Waals surface area (Å²) in [5.74, 6) is -0.276. The molecule has 0 saturated heterocycles. The number of rotatable bonds is 17. The number of carboxylic acid groups (broad SMARTS) is 1. The summed E-state index contributed by atoms with van der Waals surface area (Å²) < 4.78 is 0. The molecular weight excluding hydrogens is 516 g/mol. The molecular formula is C35H52O4S. The molecule has 2 aromatic carbocycles. The lowest BCUT2D eigenvalue weighted by atomic mass is 9.73. The Balaban J connectivity index is 0.00000146. The van der Waals surface area contributed by atoms with Crippen LogP contribution in [0.2, 0.25) is 0 Å². The van der Waals surface area contributed by atoms with E-state index in [9.17, 15) is 20.1 Å². The number of benzene rings is 2. The number of carbonyl (C=O) groups is 1. The first-order chi connectivity index (χ1) is 19.2. The molecule has 0 aromatic heterocycles. The number of carboxylic acids is 1. The number of hydrogen-bond donors (Lipinski definition) is 3. The highest BCUT2D eigenvalue weighted by molar-refractivity contribution is 8.04. The van der Waals surface area contributed by atoms with Gasteiger partial charge in [-0.15, -0.1) is 11.8 Å². The smallest absolute Gasteiger partial charge is 0.318 e. The third-order valence-corrected chi connectivity index (χ3v) is 7.89. The van der Waals surface area contributed by atoms with Gasteiger partial charge in [0.25, 0.3) is 0 Å². The van der Waals surface area contributed by atoms with Gasteiger partial charge >= 0.3 is 5.97 Å². The average molecular weight is 569 g/mol. The predicted octanol–water partition coefficient (Wildman–Crippen LogP) is 9.87. The van der Waals surface area contributed by atoms with Crippen molar-refractivity contribution in [2.75, 3.05) is 0 Å². The van der Waals surface area contributed by atoms with E-state index in [1.54, 1.807) is 17.7 Å². The summed E-state index contributed by atoms with van der Waals surface area (Å²) in [5, 5.41) is 36.0. The van der Waals surface area contributed by atoms with Gasteiger partial charge in [-0.3, -0.25) is 4.79 Å². The van der Waals surface area contributed by atoms with Gasteiger partial charge in [0, 0.05) is 0 Å². The van der Waals surface area contributed by atoms with Crippen LogP contribution >= 0.6 is 11.8 Å². The van der Waals surface area contributed by atoms with Crippen LogP contribution in [0, 0.1) is 0 Å². The zero-order chi connectivity index (χ0) is 30.1. The van der Waals surface area contributed by atoms with E-state index in [1.807, 2.05) is 24.3 Å². The molecule has 0 aliphatic heterocycles. The zero-order valence-corrected chi connectivity index (χ0v) is 26.3. The van der Waals surface area contributed by atoms with Crippen LogP contribution in [0.1, 0.15) is 119 Å². The SMILES string of the molecule is C=CSC=C.CCCCc1cc(C(C)(C(=O)O)c2cc(CCCC)c(O)c(CCCC)c2)cc(CCCC)c1O. The zero-order valence-electron chi connectivity index (χ0n) is 25.5. The van der Waals surface area contributed by atoms with Gasteiger partial charge in [0.2, 0.25) is 0 Å². The van der Waals surface area contributed by atoms with Crippen molar-refractivity contribution in [2.24, 2.45) is 0 Å². The summed E-state index contributed by atoms with van der Waals surface area (Å²) in [4.78, 5) is 13.0. The van der Waals surface area contributed by atoms with Gasteiger partial charge in [0.15, 0.2) is 0 Å². The Labute approximate surface area is 247 Å². The Morgan fingerprint density at radius 1 is 0.700 bits per heavy atom. The maximum Gasteiger partial charge on any atom is 0.318 e. The Kier molecular flexibility index (Phi) is 16.5. The second kappa shape index (κ2) is 18.6. The first kappa shape index (κ1) is 35.4. The molecule has 40 heavy (non-hydrogen) atoms. The van der Waals surface area contributed by atoms with Crippen LogP contribution in [-0.2, 0) is 35.9 Å². The number of aliphatic carboxylic acids is 1. The fourth-order valence-corrected chi connectivity index (χ4v) is 4.95. The monoisotopic (exact) mass is 568 g/mol. The van der Waals surface area contributed by atoms with Crippen molar-refractivity contribution in [1.29, 1.82) is 0 Å². The minimum atomic E-state index is -1.29. The van der Waals surface area contributed by atoms with Gasteiger partial charge in [-0.2, -0.15) is 0 Å². The van der Waals surface area contributed by atoms with E-state index >= 15 is 0 Å². The number of hydrogen-bond acceptors (Lipinski definition) is 4. The van der Waals surface area contributed by atoms with Gasteiger partial charge < -0.3 is 15.3 Å². The lowest BCUT2D eigenvalue weighted by Crippen LogP contribution is -2.34. The van der Waals surface area contributed by atoms with Gasteiger partial charge in [-0.25, -0.2) is 0 Å². The molecule has 0 atom stereocenters. The number of aromatic hydroxyl groups is 2. The Hall–Kier alpha value is -2.66. The molecule has 0 aliphatic carbocycles. The van der Waals surface area contributed by atoms with Gasteiger partial charge in [-0.1, -0.05) is 90.8 Å². The largest absolute Gasteiger partial charge is 0.507 e. The molecule has 4 nitrogen and oxygen atoms in total. The highest BCUT2D eigenvalue weighted by Gasteiger charge is 2.39. The van der Waals surface area contributed by atoms with E-state index in [1.165, 1.54) is 11.8 Å². The maximum atomic E-state index is 13.0. The summed E-state index contributed by atoms with van der Waals surface area (Å²) >= 11 is 1.49. The van der Waals surface area contributed by atoms with E-state index < -0.39 is 11.4 Å². The lowest BCUT2D eigenvalue weighted by molar-refractivity contribution is -0.141. The van der Waals surface area contributed by atoms with E-state index in [0.717, 1.165) is 99.3 Å². The third-order valence-electron chi connectivity index (χ3n) is 7.51. The summed E-state index contributed by atoms with van der Waals surface area (Å²) in [6.07, 6.45) is 10.7. The average Bonchev–Trinajstić information content (AvgIpc) is 2.94. The van der Waals surface area contributed by atoms with Crippen LogP contribution in [-0.4, -0.2) is 21.3 Å². The summed E-state index contributed by atoms with van der Waals surface area (Å²) in [5.41, 5.74) is 3.45. The molecule has 3 N–H and O–H groups in total. The van der Waals surface area contributed by atoms with Gasteiger partial charge in [0.05, 0.1) is 0 Å². The van der Waals surface area contributed by atoms with Crippen LogP contribution in [0.3, 0.4) is 0 Å². The van der Waals surface area contributed by atoms with E-state index in [2.05, 4.69) is 40.9 Å². The molecule has 0 bridgehead atoms. The maximum absolute atomic E-state index is 13.0. The summed E-state index contributed by atoms with van der Waals surface area (Å²) in [6, 6.07) is 7.61. The second-order valence-corrected chi connectivity index (χ2v) is 11.5. The normalized spacial score (nSPS) is 11.0. The fraction of sp³-hybridized carbons (Fsp3) is 0.514. The van der Waals surface area contributed by atoms with Crippen molar-refractivity contribution in [3.05, 3.63) is 81.6 Å². The Morgan fingerprint density at radius 3 is 1.15 bits per heavy atom. The van der Waals surface area contributed by atoms with Crippen LogP contribution in [0.4, 0.5) is 0 Å². The molecule has 0 heterocycles. The first-order valence-corrected chi connectivity index (χ1v) is 15.9. The number of thioether (sulfide) groups is 1. The highest BCUT2D eigenvalue weighted by Crippen LogP contribution is 2.40.